The van der Waals surface area contributed by atoms with Crippen molar-refractivity contribution in [2.24, 2.45) is 0 Å². The van der Waals surface area contributed by atoms with Crippen LogP contribution in [0.2, 0.25) is 0 Å². The molecular weight excluding hydrogens is 328 g/mol. The van der Waals surface area contributed by atoms with Crippen LogP contribution in [-0.2, 0) is 24.2 Å². The average Bonchev–Trinajstić information content (AvgIpc) is 3.18. The quantitative estimate of drug-likeness (QED) is 0.605. The minimum Gasteiger partial charge on any atom is -0.338 e. The molecule has 1 aromatic carbocycles. The van der Waals surface area contributed by atoms with Crippen LogP contribution in [0.5, 0.6) is 0 Å². The fourth-order valence-corrected chi connectivity index (χ4v) is 3.46. The number of thiophene rings is 1. The van der Waals surface area contributed by atoms with E-state index in [-0.39, 0.29) is 5.91 Å². The first kappa shape index (κ1) is 17.4. The van der Waals surface area contributed by atoms with Gasteiger partial charge in [-0.2, -0.15) is 0 Å². The standard InChI is InChI=1S/C21H22N2OS/c24-21(11-10-18-6-2-1-3-7-18)23(14-12-20-9-5-15-25-20)17-19-8-4-13-22-16-19/h1-9,13,15-16H,10-12,14,17H2. The average molecular weight is 350 g/mol. The zero-order valence-corrected chi connectivity index (χ0v) is 15.0. The van der Waals surface area contributed by atoms with Gasteiger partial charge in [-0.1, -0.05) is 42.5 Å². The van der Waals surface area contributed by atoms with Gasteiger partial charge in [0.15, 0.2) is 0 Å². The Labute approximate surface area is 153 Å². The Hall–Kier alpha value is -2.46. The van der Waals surface area contributed by atoms with E-state index in [9.17, 15) is 4.79 Å². The third-order valence-electron chi connectivity index (χ3n) is 4.13. The molecule has 0 N–H and O–H groups in total. The molecule has 3 nitrogen and oxygen atoms in total. The summed E-state index contributed by atoms with van der Waals surface area (Å²) in [6, 6.07) is 18.3. The fourth-order valence-electron chi connectivity index (χ4n) is 2.76. The van der Waals surface area contributed by atoms with E-state index < -0.39 is 0 Å². The van der Waals surface area contributed by atoms with Gasteiger partial charge >= 0.3 is 0 Å². The van der Waals surface area contributed by atoms with Crippen molar-refractivity contribution in [3.63, 3.8) is 0 Å². The van der Waals surface area contributed by atoms with Crippen LogP contribution in [0.4, 0.5) is 0 Å². The first-order chi connectivity index (χ1) is 12.3. The van der Waals surface area contributed by atoms with Gasteiger partial charge in [0.2, 0.25) is 5.91 Å². The smallest absolute Gasteiger partial charge is 0.223 e. The lowest BCUT2D eigenvalue weighted by molar-refractivity contribution is -0.131. The van der Waals surface area contributed by atoms with Crippen molar-refractivity contribution in [1.82, 2.24) is 9.88 Å². The lowest BCUT2D eigenvalue weighted by atomic mass is 10.1. The summed E-state index contributed by atoms with van der Waals surface area (Å²) in [6.45, 7) is 1.36. The van der Waals surface area contributed by atoms with Crippen molar-refractivity contribution in [3.8, 4) is 0 Å². The second-order valence-corrected chi connectivity index (χ2v) is 7.02. The molecule has 0 saturated heterocycles. The zero-order valence-electron chi connectivity index (χ0n) is 14.2. The van der Waals surface area contributed by atoms with Crippen molar-refractivity contribution in [1.29, 1.82) is 0 Å². The molecule has 3 aromatic rings. The zero-order chi connectivity index (χ0) is 17.3. The predicted octanol–water partition coefficient (Wildman–Crippen LogP) is 4.35. The minimum absolute atomic E-state index is 0.198. The summed E-state index contributed by atoms with van der Waals surface area (Å²) in [5, 5.41) is 2.08. The molecule has 0 fully saturated rings. The molecule has 2 heterocycles. The number of nitrogens with zero attached hydrogens (tertiary/aromatic N) is 2. The second-order valence-electron chi connectivity index (χ2n) is 5.99. The van der Waals surface area contributed by atoms with Gasteiger partial charge in [-0.3, -0.25) is 9.78 Å². The molecule has 0 bridgehead atoms. The molecule has 0 unspecified atom stereocenters. The molecule has 0 aliphatic carbocycles. The molecule has 0 saturated carbocycles. The van der Waals surface area contributed by atoms with Gasteiger partial charge in [0.25, 0.3) is 0 Å². The summed E-state index contributed by atoms with van der Waals surface area (Å²) in [6.07, 6.45) is 5.81. The Morgan fingerprint density at radius 2 is 1.80 bits per heavy atom. The summed E-state index contributed by atoms with van der Waals surface area (Å²) < 4.78 is 0. The Kier molecular flexibility index (Phi) is 6.35. The number of hydrogen-bond acceptors (Lipinski definition) is 3. The number of amides is 1. The first-order valence-corrected chi connectivity index (χ1v) is 9.42. The molecule has 0 radical (unpaired) electrons. The molecule has 25 heavy (non-hydrogen) atoms. The molecule has 0 aliphatic rings. The van der Waals surface area contributed by atoms with Gasteiger partial charge in [0.1, 0.15) is 0 Å². The number of hydrogen-bond donors (Lipinski definition) is 0. The first-order valence-electron chi connectivity index (χ1n) is 8.54. The number of carbonyl (C=O) groups is 1. The van der Waals surface area contributed by atoms with Crippen molar-refractivity contribution in [3.05, 3.63) is 88.4 Å². The topological polar surface area (TPSA) is 33.2 Å². The van der Waals surface area contributed by atoms with Gasteiger partial charge in [0.05, 0.1) is 0 Å². The molecule has 0 atom stereocenters. The second kappa shape index (κ2) is 9.14. The van der Waals surface area contributed by atoms with Crippen molar-refractivity contribution >= 4 is 17.2 Å². The molecule has 128 valence electrons. The maximum Gasteiger partial charge on any atom is 0.223 e. The molecule has 4 heteroatoms. The Morgan fingerprint density at radius 1 is 0.960 bits per heavy atom. The maximum atomic E-state index is 12.8. The predicted molar refractivity (Wildman–Crippen MR) is 102 cm³/mol. The van der Waals surface area contributed by atoms with Gasteiger partial charge in [-0.05, 0) is 41.5 Å². The highest BCUT2D eigenvalue weighted by atomic mass is 32.1. The van der Waals surface area contributed by atoms with Crippen molar-refractivity contribution in [2.75, 3.05) is 6.54 Å². The highest BCUT2D eigenvalue weighted by molar-refractivity contribution is 7.09. The number of benzene rings is 1. The van der Waals surface area contributed by atoms with E-state index in [1.165, 1.54) is 10.4 Å². The molecule has 1 amide bonds. The Bertz CT molecular complexity index is 757. The van der Waals surface area contributed by atoms with Gasteiger partial charge < -0.3 is 4.90 Å². The number of pyridine rings is 1. The van der Waals surface area contributed by atoms with Gasteiger partial charge in [0, 0.05) is 36.8 Å². The number of rotatable bonds is 8. The Morgan fingerprint density at radius 3 is 2.52 bits per heavy atom. The van der Waals surface area contributed by atoms with E-state index in [2.05, 4.69) is 34.6 Å². The van der Waals surface area contributed by atoms with Gasteiger partial charge in [-0.15, -0.1) is 11.3 Å². The summed E-state index contributed by atoms with van der Waals surface area (Å²) in [5.74, 6) is 0.198. The molecule has 0 aliphatic heterocycles. The van der Waals surface area contributed by atoms with Crippen LogP contribution in [0.1, 0.15) is 22.4 Å². The van der Waals surface area contributed by atoms with E-state index in [4.69, 9.17) is 0 Å². The maximum absolute atomic E-state index is 12.8. The van der Waals surface area contributed by atoms with E-state index in [1.807, 2.05) is 41.4 Å². The van der Waals surface area contributed by atoms with Crippen LogP contribution in [0, 0.1) is 0 Å². The summed E-state index contributed by atoms with van der Waals surface area (Å²) in [5.41, 5.74) is 2.28. The monoisotopic (exact) mass is 350 g/mol. The lowest BCUT2D eigenvalue weighted by Crippen LogP contribution is -2.32. The van der Waals surface area contributed by atoms with Crippen LogP contribution >= 0.6 is 11.3 Å². The van der Waals surface area contributed by atoms with Gasteiger partial charge in [-0.25, -0.2) is 0 Å². The SMILES string of the molecule is O=C(CCc1ccccc1)N(CCc1cccs1)Cc1cccnc1. The highest BCUT2D eigenvalue weighted by Gasteiger charge is 2.14. The fraction of sp³-hybridized carbons (Fsp3) is 0.238. The van der Waals surface area contributed by atoms with E-state index in [0.29, 0.717) is 13.0 Å². The van der Waals surface area contributed by atoms with Crippen LogP contribution < -0.4 is 0 Å². The summed E-state index contributed by atoms with van der Waals surface area (Å²) >= 11 is 1.74. The molecule has 2 aromatic heterocycles. The van der Waals surface area contributed by atoms with E-state index >= 15 is 0 Å². The Balaban J connectivity index is 1.62. The largest absolute Gasteiger partial charge is 0.338 e. The molecule has 3 rings (SSSR count). The lowest BCUT2D eigenvalue weighted by Gasteiger charge is -2.22. The summed E-state index contributed by atoms with van der Waals surface area (Å²) in [4.78, 5) is 20.2. The number of aromatic nitrogens is 1. The summed E-state index contributed by atoms with van der Waals surface area (Å²) in [7, 11) is 0. The third kappa shape index (κ3) is 5.54. The van der Waals surface area contributed by atoms with Crippen molar-refractivity contribution < 1.29 is 4.79 Å². The van der Waals surface area contributed by atoms with Crippen LogP contribution in [0.15, 0.2) is 72.4 Å². The number of carbonyl (C=O) groups excluding carboxylic acids is 1. The normalized spacial score (nSPS) is 10.6. The number of aryl methyl sites for hydroxylation is 1. The van der Waals surface area contributed by atoms with Crippen LogP contribution in [0.25, 0.3) is 0 Å². The molecule has 0 spiro atoms. The van der Waals surface area contributed by atoms with Crippen molar-refractivity contribution in [2.45, 2.75) is 25.8 Å². The minimum atomic E-state index is 0.198. The van der Waals surface area contributed by atoms with E-state index in [1.54, 1.807) is 17.5 Å². The van der Waals surface area contributed by atoms with E-state index in [0.717, 1.165) is 24.9 Å². The third-order valence-corrected chi connectivity index (χ3v) is 5.06. The molecular formula is C21H22N2OS. The van der Waals surface area contributed by atoms with Crippen LogP contribution in [0.3, 0.4) is 0 Å². The van der Waals surface area contributed by atoms with Crippen LogP contribution in [-0.4, -0.2) is 22.3 Å². The highest BCUT2D eigenvalue weighted by Crippen LogP contribution is 2.13.